The van der Waals surface area contributed by atoms with Gasteiger partial charge in [-0.1, -0.05) is 17.7 Å². The van der Waals surface area contributed by atoms with Gasteiger partial charge >= 0.3 is 5.97 Å². The number of rotatable bonds is 7. The van der Waals surface area contributed by atoms with Crippen LogP contribution in [-0.2, 0) is 9.53 Å². The van der Waals surface area contributed by atoms with E-state index in [1.807, 2.05) is 11.8 Å². The molecule has 0 spiro atoms. The minimum Gasteiger partial charge on any atom is -0.465 e. The van der Waals surface area contributed by atoms with Crippen LogP contribution in [0.4, 0.5) is 0 Å². The van der Waals surface area contributed by atoms with Gasteiger partial charge in [-0.15, -0.1) is 11.8 Å². The summed E-state index contributed by atoms with van der Waals surface area (Å²) in [6, 6.07) is 6.47. The molecular weight excluding hydrogens is 270 g/mol. The van der Waals surface area contributed by atoms with E-state index >= 15 is 0 Å². The molecule has 1 aromatic rings. The molecule has 20 heavy (non-hydrogen) atoms. The number of benzene rings is 1. The molecule has 0 bridgehead atoms. The summed E-state index contributed by atoms with van der Waals surface area (Å²) in [7, 11) is 0. The molecule has 0 fully saturated rings. The zero-order valence-corrected chi connectivity index (χ0v) is 13.7. The maximum atomic E-state index is 11.7. The van der Waals surface area contributed by atoms with Crippen LogP contribution >= 0.6 is 11.8 Å². The number of aryl methyl sites for hydroxylation is 2. The molecule has 0 saturated heterocycles. The topological polar surface area (TPSA) is 52.3 Å². The summed E-state index contributed by atoms with van der Waals surface area (Å²) in [6.07, 6.45) is 1.54. The number of hydrogen-bond donors (Lipinski definition) is 1. The highest BCUT2D eigenvalue weighted by molar-refractivity contribution is 7.99. The maximum absolute atomic E-state index is 11.7. The Kier molecular flexibility index (Phi) is 6.56. The number of carbonyl (C=O) groups is 1. The van der Waals surface area contributed by atoms with Crippen LogP contribution in [0.1, 0.15) is 37.8 Å². The van der Waals surface area contributed by atoms with Crippen LogP contribution < -0.4 is 5.73 Å². The Balaban J connectivity index is 2.39. The van der Waals surface area contributed by atoms with Gasteiger partial charge in [-0.25, -0.2) is 0 Å². The van der Waals surface area contributed by atoms with E-state index in [9.17, 15) is 4.79 Å². The highest BCUT2D eigenvalue weighted by Gasteiger charge is 2.29. The summed E-state index contributed by atoms with van der Waals surface area (Å²) in [6.45, 7) is 8.14. The third kappa shape index (κ3) is 5.17. The van der Waals surface area contributed by atoms with Crippen molar-refractivity contribution < 1.29 is 9.53 Å². The molecule has 0 aliphatic rings. The van der Waals surface area contributed by atoms with Gasteiger partial charge in [0.2, 0.25) is 0 Å². The smallest absolute Gasteiger partial charge is 0.325 e. The van der Waals surface area contributed by atoms with Gasteiger partial charge in [0.05, 0.1) is 6.61 Å². The lowest BCUT2D eigenvalue weighted by Gasteiger charge is -2.21. The van der Waals surface area contributed by atoms with Crippen LogP contribution in [0.5, 0.6) is 0 Å². The lowest BCUT2D eigenvalue weighted by atomic mass is 9.98. The first kappa shape index (κ1) is 17.1. The average Bonchev–Trinajstić information content (AvgIpc) is 2.37. The Hall–Kier alpha value is -1.00. The molecule has 0 aliphatic carbocycles. The van der Waals surface area contributed by atoms with Crippen molar-refractivity contribution in [2.45, 2.75) is 51.0 Å². The van der Waals surface area contributed by atoms with Crippen LogP contribution in [0, 0.1) is 13.8 Å². The normalized spacial score (nSPS) is 13.8. The van der Waals surface area contributed by atoms with Gasteiger partial charge in [0, 0.05) is 4.90 Å². The highest BCUT2D eigenvalue weighted by Crippen LogP contribution is 2.25. The van der Waals surface area contributed by atoms with E-state index in [0.29, 0.717) is 13.0 Å². The monoisotopic (exact) mass is 295 g/mol. The van der Waals surface area contributed by atoms with Crippen LogP contribution in [0.15, 0.2) is 23.1 Å². The first-order chi connectivity index (χ1) is 9.36. The standard InChI is InChI=1S/C16H25NO2S/c1-5-19-15(18)16(4,17)9-6-10-20-14-8-7-12(2)11-13(14)3/h7-8,11H,5-6,9-10,17H2,1-4H3. The van der Waals surface area contributed by atoms with Gasteiger partial charge in [-0.3, -0.25) is 4.79 Å². The van der Waals surface area contributed by atoms with E-state index < -0.39 is 5.54 Å². The molecule has 0 aliphatic heterocycles. The van der Waals surface area contributed by atoms with Crippen molar-refractivity contribution in [1.82, 2.24) is 0 Å². The third-order valence-corrected chi connectivity index (χ3v) is 4.43. The zero-order valence-electron chi connectivity index (χ0n) is 12.9. The molecule has 1 unspecified atom stereocenters. The molecule has 0 aromatic heterocycles. The molecule has 1 aromatic carbocycles. The fourth-order valence-electron chi connectivity index (χ4n) is 1.98. The van der Waals surface area contributed by atoms with Crippen molar-refractivity contribution in [2.24, 2.45) is 5.73 Å². The Morgan fingerprint density at radius 1 is 1.40 bits per heavy atom. The second kappa shape index (κ2) is 7.70. The second-order valence-electron chi connectivity index (χ2n) is 5.36. The van der Waals surface area contributed by atoms with E-state index in [0.717, 1.165) is 12.2 Å². The van der Waals surface area contributed by atoms with Crippen molar-refractivity contribution in [3.05, 3.63) is 29.3 Å². The molecule has 0 amide bonds. The number of esters is 1. The molecule has 1 atom stereocenters. The lowest BCUT2D eigenvalue weighted by Crippen LogP contribution is -2.46. The van der Waals surface area contributed by atoms with Gasteiger partial charge in [0.25, 0.3) is 0 Å². The number of carbonyl (C=O) groups excluding carboxylic acids is 1. The van der Waals surface area contributed by atoms with Gasteiger partial charge in [0.1, 0.15) is 5.54 Å². The maximum Gasteiger partial charge on any atom is 0.325 e. The highest BCUT2D eigenvalue weighted by atomic mass is 32.2. The van der Waals surface area contributed by atoms with E-state index in [1.165, 1.54) is 16.0 Å². The molecule has 0 heterocycles. The Morgan fingerprint density at radius 2 is 2.10 bits per heavy atom. The predicted molar refractivity (Wildman–Crippen MR) is 85.1 cm³/mol. The molecule has 4 heteroatoms. The summed E-state index contributed by atoms with van der Waals surface area (Å²) in [5.41, 5.74) is 7.70. The SMILES string of the molecule is CCOC(=O)C(C)(N)CCCSc1ccc(C)cc1C. The molecule has 0 saturated carbocycles. The summed E-state index contributed by atoms with van der Waals surface area (Å²) in [5.74, 6) is 0.646. The van der Waals surface area contributed by atoms with Crippen LogP contribution in [-0.4, -0.2) is 23.9 Å². The molecule has 2 N–H and O–H groups in total. The first-order valence-electron chi connectivity index (χ1n) is 7.03. The Bertz CT molecular complexity index is 458. The van der Waals surface area contributed by atoms with Gasteiger partial charge in [-0.05, 0) is 57.9 Å². The first-order valence-corrected chi connectivity index (χ1v) is 8.01. The van der Waals surface area contributed by atoms with E-state index in [4.69, 9.17) is 10.5 Å². The van der Waals surface area contributed by atoms with Crippen LogP contribution in [0.3, 0.4) is 0 Å². The van der Waals surface area contributed by atoms with Crippen molar-refractivity contribution in [2.75, 3.05) is 12.4 Å². The Labute approximate surface area is 126 Å². The minimum absolute atomic E-state index is 0.309. The van der Waals surface area contributed by atoms with Gasteiger partial charge < -0.3 is 10.5 Å². The predicted octanol–water partition coefficient (Wildman–Crippen LogP) is 3.46. The van der Waals surface area contributed by atoms with Crippen molar-refractivity contribution in [3.63, 3.8) is 0 Å². The number of ether oxygens (including phenoxy) is 1. The average molecular weight is 295 g/mol. The van der Waals surface area contributed by atoms with E-state index in [1.54, 1.807) is 13.8 Å². The second-order valence-corrected chi connectivity index (χ2v) is 6.50. The van der Waals surface area contributed by atoms with E-state index in [-0.39, 0.29) is 5.97 Å². The molecule has 0 radical (unpaired) electrons. The van der Waals surface area contributed by atoms with Crippen LogP contribution in [0.25, 0.3) is 0 Å². The molecule has 1 rings (SSSR count). The minimum atomic E-state index is -0.876. The molecule has 112 valence electrons. The Morgan fingerprint density at radius 3 is 2.70 bits per heavy atom. The summed E-state index contributed by atoms with van der Waals surface area (Å²) >= 11 is 1.81. The molecular formula is C16H25NO2S. The molecule has 3 nitrogen and oxygen atoms in total. The number of thioether (sulfide) groups is 1. The summed E-state index contributed by atoms with van der Waals surface area (Å²) in [5, 5.41) is 0. The van der Waals surface area contributed by atoms with E-state index in [2.05, 4.69) is 32.0 Å². The van der Waals surface area contributed by atoms with Gasteiger partial charge in [0.15, 0.2) is 0 Å². The van der Waals surface area contributed by atoms with Crippen molar-refractivity contribution in [1.29, 1.82) is 0 Å². The van der Waals surface area contributed by atoms with Crippen molar-refractivity contribution >= 4 is 17.7 Å². The zero-order chi connectivity index (χ0) is 15.2. The number of nitrogens with two attached hydrogens (primary N) is 1. The van der Waals surface area contributed by atoms with Crippen LogP contribution in [0.2, 0.25) is 0 Å². The van der Waals surface area contributed by atoms with Crippen molar-refractivity contribution in [3.8, 4) is 0 Å². The fraction of sp³-hybridized carbons (Fsp3) is 0.562. The number of hydrogen-bond acceptors (Lipinski definition) is 4. The van der Waals surface area contributed by atoms with Gasteiger partial charge in [-0.2, -0.15) is 0 Å². The largest absolute Gasteiger partial charge is 0.465 e. The summed E-state index contributed by atoms with van der Waals surface area (Å²) < 4.78 is 4.98. The lowest BCUT2D eigenvalue weighted by molar-refractivity contribution is -0.149. The quantitative estimate of drug-likeness (QED) is 0.475. The summed E-state index contributed by atoms with van der Waals surface area (Å²) in [4.78, 5) is 13.0. The fourth-order valence-corrected chi connectivity index (χ4v) is 2.94. The third-order valence-electron chi connectivity index (χ3n) is 3.17.